The van der Waals surface area contributed by atoms with Crippen molar-refractivity contribution in [2.45, 2.75) is 12.5 Å². The second kappa shape index (κ2) is 8.89. The number of carbonyl (C=O) groups is 2. The van der Waals surface area contributed by atoms with Gasteiger partial charge in [0.05, 0.1) is 25.3 Å². The van der Waals surface area contributed by atoms with Crippen LogP contribution in [-0.2, 0) is 16.0 Å². The van der Waals surface area contributed by atoms with Gasteiger partial charge in [-0.1, -0.05) is 18.2 Å². The van der Waals surface area contributed by atoms with E-state index in [4.69, 9.17) is 13.9 Å². The molecule has 2 aromatic carbocycles. The Morgan fingerprint density at radius 1 is 1.06 bits per heavy atom. The molecule has 4 aromatic rings. The first-order valence-corrected chi connectivity index (χ1v) is 9.83. The minimum atomic E-state index is -1.02. The Morgan fingerprint density at radius 3 is 2.66 bits per heavy atom. The summed E-state index contributed by atoms with van der Waals surface area (Å²) in [4.78, 5) is 41.9. The lowest BCUT2D eigenvalue weighted by Gasteiger charge is -2.18. The summed E-state index contributed by atoms with van der Waals surface area (Å²) in [7, 11) is 2.75. The number of nitrogens with zero attached hydrogens (tertiary/aromatic N) is 1. The Kier molecular flexibility index (Phi) is 5.85. The molecule has 32 heavy (non-hydrogen) atoms. The van der Waals surface area contributed by atoms with Crippen LogP contribution in [0.15, 0.2) is 70.0 Å². The average Bonchev–Trinajstić information content (AvgIpc) is 2.82. The van der Waals surface area contributed by atoms with Gasteiger partial charge in [-0.25, -0.2) is 9.59 Å². The van der Waals surface area contributed by atoms with Crippen molar-refractivity contribution in [2.24, 2.45) is 0 Å². The predicted molar refractivity (Wildman–Crippen MR) is 118 cm³/mol. The molecule has 0 fully saturated rings. The van der Waals surface area contributed by atoms with Crippen molar-refractivity contribution in [1.29, 1.82) is 0 Å². The van der Waals surface area contributed by atoms with Gasteiger partial charge in [-0.05, 0) is 29.8 Å². The van der Waals surface area contributed by atoms with Crippen molar-refractivity contribution in [3.63, 3.8) is 0 Å². The van der Waals surface area contributed by atoms with Gasteiger partial charge in [0.2, 0.25) is 0 Å². The number of nitrogens with one attached hydrogen (secondary N) is 1. The molecule has 0 saturated heterocycles. The maximum Gasteiger partial charge on any atom is 0.336 e. The van der Waals surface area contributed by atoms with E-state index in [0.717, 1.165) is 0 Å². The van der Waals surface area contributed by atoms with E-state index in [2.05, 4.69) is 10.3 Å². The van der Waals surface area contributed by atoms with E-state index in [1.807, 2.05) is 12.1 Å². The number of rotatable bonds is 6. The topological polar surface area (TPSA) is 108 Å². The number of esters is 1. The fourth-order valence-electron chi connectivity index (χ4n) is 3.59. The lowest BCUT2D eigenvalue weighted by atomic mass is 10.0. The quantitative estimate of drug-likeness (QED) is 0.369. The number of carbonyl (C=O) groups excluding carboxylic acids is 2. The van der Waals surface area contributed by atoms with Gasteiger partial charge < -0.3 is 19.2 Å². The highest BCUT2D eigenvalue weighted by Crippen LogP contribution is 2.24. The second-order valence-electron chi connectivity index (χ2n) is 7.08. The number of amides is 1. The Labute approximate surface area is 182 Å². The highest BCUT2D eigenvalue weighted by Gasteiger charge is 2.25. The molecule has 1 atom stereocenters. The van der Waals surface area contributed by atoms with E-state index in [9.17, 15) is 14.4 Å². The van der Waals surface area contributed by atoms with Crippen LogP contribution < -0.4 is 15.7 Å². The molecule has 0 spiro atoms. The summed E-state index contributed by atoms with van der Waals surface area (Å²) in [5, 5.41) is 4.02. The van der Waals surface area contributed by atoms with Crippen LogP contribution >= 0.6 is 0 Å². The first kappa shape index (κ1) is 21.0. The van der Waals surface area contributed by atoms with Crippen molar-refractivity contribution >= 4 is 33.7 Å². The summed E-state index contributed by atoms with van der Waals surface area (Å²) >= 11 is 0. The van der Waals surface area contributed by atoms with Gasteiger partial charge in [0.15, 0.2) is 0 Å². The van der Waals surface area contributed by atoms with E-state index in [-0.39, 0.29) is 6.42 Å². The Balaban J connectivity index is 1.69. The number of fused-ring (bicyclic) bond motifs is 2. The van der Waals surface area contributed by atoms with Gasteiger partial charge in [-0.3, -0.25) is 9.78 Å². The summed E-state index contributed by atoms with van der Waals surface area (Å²) in [6.07, 6.45) is 1.57. The number of para-hydroxylation sites is 1. The minimum absolute atomic E-state index is 0.0376. The fourth-order valence-corrected chi connectivity index (χ4v) is 3.59. The zero-order valence-corrected chi connectivity index (χ0v) is 17.5. The lowest BCUT2D eigenvalue weighted by Crippen LogP contribution is -2.43. The second-order valence-corrected chi connectivity index (χ2v) is 7.08. The third kappa shape index (κ3) is 4.15. The molecular weight excluding hydrogens is 412 g/mol. The monoisotopic (exact) mass is 432 g/mol. The summed E-state index contributed by atoms with van der Waals surface area (Å²) in [5.74, 6) is -0.556. The van der Waals surface area contributed by atoms with Gasteiger partial charge in [0.1, 0.15) is 17.4 Å². The van der Waals surface area contributed by atoms with Gasteiger partial charge in [-0.2, -0.15) is 0 Å². The molecule has 8 heteroatoms. The van der Waals surface area contributed by atoms with Crippen LogP contribution in [0.1, 0.15) is 15.9 Å². The van der Waals surface area contributed by atoms with Crippen LogP contribution in [0.25, 0.3) is 21.9 Å². The number of ether oxygens (including phenoxy) is 2. The van der Waals surface area contributed by atoms with Crippen molar-refractivity contribution in [2.75, 3.05) is 14.2 Å². The van der Waals surface area contributed by atoms with Gasteiger partial charge in [0, 0.05) is 35.5 Å². The highest BCUT2D eigenvalue weighted by molar-refractivity contribution is 6.07. The Morgan fingerprint density at radius 2 is 1.88 bits per heavy atom. The van der Waals surface area contributed by atoms with Crippen LogP contribution in [0, 0.1) is 0 Å². The molecule has 8 nitrogen and oxygen atoms in total. The molecule has 0 unspecified atom stereocenters. The molecular formula is C24H20N2O6. The molecule has 4 rings (SSSR count). The van der Waals surface area contributed by atoms with E-state index in [1.54, 1.807) is 36.4 Å². The first-order valence-electron chi connectivity index (χ1n) is 9.83. The molecule has 0 bridgehead atoms. The normalized spacial score (nSPS) is 11.8. The van der Waals surface area contributed by atoms with Crippen molar-refractivity contribution in [3.8, 4) is 5.75 Å². The third-order valence-corrected chi connectivity index (χ3v) is 5.15. The van der Waals surface area contributed by atoms with E-state index < -0.39 is 23.5 Å². The highest BCUT2D eigenvalue weighted by atomic mass is 16.5. The molecule has 1 amide bonds. The van der Waals surface area contributed by atoms with Crippen LogP contribution in [-0.4, -0.2) is 37.1 Å². The molecule has 0 radical (unpaired) electrons. The van der Waals surface area contributed by atoms with Gasteiger partial charge in [-0.15, -0.1) is 0 Å². The summed E-state index contributed by atoms with van der Waals surface area (Å²) < 4.78 is 15.3. The molecule has 2 aromatic heterocycles. The number of hydrogen-bond acceptors (Lipinski definition) is 7. The summed E-state index contributed by atoms with van der Waals surface area (Å²) in [5.41, 5.74) is 1.33. The maximum absolute atomic E-state index is 13.1. The van der Waals surface area contributed by atoms with Gasteiger partial charge in [0.25, 0.3) is 5.91 Å². The molecule has 0 aliphatic carbocycles. The molecule has 162 valence electrons. The number of aromatic nitrogens is 1. The lowest BCUT2D eigenvalue weighted by molar-refractivity contribution is -0.142. The smallest absolute Gasteiger partial charge is 0.336 e. The summed E-state index contributed by atoms with van der Waals surface area (Å²) in [6.45, 7) is 0. The first-order chi connectivity index (χ1) is 15.5. The van der Waals surface area contributed by atoms with E-state index in [0.29, 0.717) is 38.7 Å². The number of methoxy groups -OCH3 is 2. The van der Waals surface area contributed by atoms with Crippen molar-refractivity contribution in [1.82, 2.24) is 10.3 Å². The molecule has 0 saturated carbocycles. The largest absolute Gasteiger partial charge is 0.497 e. The average molecular weight is 432 g/mol. The number of hydrogen-bond donors (Lipinski definition) is 1. The molecule has 2 heterocycles. The number of benzene rings is 2. The van der Waals surface area contributed by atoms with Crippen LogP contribution in [0.3, 0.4) is 0 Å². The molecule has 0 aliphatic heterocycles. The van der Waals surface area contributed by atoms with E-state index in [1.165, 1.54) is 26.5 Å². The predicted octanol–water partition coefficient (Wildman–Crippen LogP) is 2.86. The Hall–Kier alpha value is -4.20. The Bertz CT molecular complexity index is 1370. The fraction of sp³-hybridized carbons (Fsp3) is 0.167. The standard InChI is InChI=1S/C24H20N2O6/c1-30-15-7-8-16-14(12-22(27)32-21(16)13-15)11-20(24(29)31-2)26-23(28)18-9-10-25-19-6-4-3-5-17(18)19/h3-10,12-13,20H,11H2,1-2H3,(H,26,28)/t20-/m1/s1. The molecule has 0 aliphatic rings. The SMILES string of the molecule is COC(=O)[C@@H](Cc1cc(=O)oc2cc(OC)ccc12)NC(=O)c1ccnc2ccccc12. The van der Waals surface area contributed by atoms with Crippen molar-refractivity contribution in [3.05, 3.63) is 82.3 Å². The van der Waals surface area contributed by atoms with Crippen LogP contribution in [0.2, 0.25) is 0 Å². The zero-order valence-electron chi connectivity index (χ0n) is 17.5. The van der Waals surface area contributed by atoms with Gasteiger partial charge >= 0.3 is 11.6 Å². The number of pyridine rings is 1. The van der Waals surface area contributed by atoms with Crippen molar-refractivity contribution < 1.29 is 23.5 Å². The zero-order chi connectivity index (χ0) is 22.7. The minimum Gasteiger partial charge on any atom is -0.497 e. The van der Waals surface area contributed by atoms with E-state index >= 15 is 0 Å². The molecule has 1 N–H and O–H groups in total. The third-order valence-electron chi connectivity index (χ3n) is 5.15. The van der Waals surface area contributed by atoms with Crippen LogP contribution in [0.5, 0.6) is 5.75 Å². The summed E-state index contributed by atoms with van der Waals surface area (Å²) in [6, 6.07) is 14.1. The maximum atomic E-state index is 13.1. The van der Waals surface area contributed by atoms with Crippen LogP contribution in [0.4, 0.5) is 0 Å².